The molecule has 1 rings (SSSR count). The second-order valence-electron chi connectivity index (χ2n) is 6.58. The summed E-state index contributed by atoms with van der Waals surface area (Å²) >= 11 is 0. The Morgan fingerprint density at radius 1 is 1.05 bits per heavy atom. The van der Waals surface area contributed by atoms with Crippen molar-refractivity contribution in [2.45, 2.75) is 69.6 Å². The zero-order chi connectivity index (χ0) is 15.0. The van der Waals surface area contributed by atoms with Gasteiger partial charge in [-0.1, -0.05) is 20.8 Å². The minimum atomic E-state index is -2.19. The second-order valence-corrected chi connectivity index (χ2v) is 11.3. The standard InChI is InChI=1S/C12H26O6Si/c1-12(2,3)19(4,5)18-11-10(16)9(15)8(14)7(6-13)17-11/h7-11,13-16H,6H2,1-5H3/t7-,8-,9+,10-,11+/m1/s1. The minimum absolute atomic E-state index is 0.0776. The Bertz CT molecular complexity index is 301. The molecule has 0 amide bonds. The number of rotatable bonds is 3. The SMILES string of the molecule is CC(C)(C)[Si](C)(C)O[C@@H]1O[C@H](CO)[C@@H](O)[C@H](O)[C@H]1O. The van der Waals surface area contributed by atoms with Crippen LogP contribution in [0.3, 0.4) is 0 Å². The summed E-state index contributed by atoms with van der Waals surface area (Å²) in [5.74, 6) is 0. The van der Waals surface area contributed by atoms with Gasteiger partial charge < -0.3 is 29.6 Å². The van der Waals surface area contributed by atoms with E-state index in [0.29, 0.717) is 0 Å². The first-order valence-electron chi connectivity index (χ1n) is 6.49. The maximum absolute atomic E-state index is 9.93. The zero-order valence-electron chi connectivity index (χ0n) is 12.2. The molecular weight excluding hydrogens is 268 g/mol. The molecule has 6 nitrogen and oxygen atoms in total. The van der Waals surface area contributed by atoms with Crippen LogP contribution in [0.2, 0.25) is 18.1 Å². The normalized spacial score (nSPS) is 37.4. The molecule has 0 bridgehead atoms. The van der Waals surface area contributed by atoms with Crippen LogP contribution in [0, 0.1) is 0 Å². The van der Waals surface area contributed by atoms with Crippen LogP contribution < -0.4 is 0 Å². The lowest BCUT2D eigenvalue weighted by molar-refractivity contribution is -0.280. The molecule has 114 valence electrons. The van der Waals surface area contributed by atoms with E-state index in [0.717, 1.165) is 0 Å². The molecule has 0 spiro atoms. The minimum Gasteiger partial charge on any atom is -0.394 e. The topological polar surface area (TPSA) is 99.4 Å². The summed E-state index contributed by atoms with van der Waals surface area (Å²) in [6, 6.07) is 0. The number of ether oxygens (including phenoxy) is 1. The van der Waals surface area contributed by atoms with E-state index in [1.54, 1.807) is 0 Å². The number of aliphatic hydroxyl groups is 4. The molecule has 7 heteroatoms. The van der Waals surface area contributed by atoms with Crippen LogP contribution in [0.4, 0.5) is 0 Å². The Hall–Kier alpha value is -0.0231. The highest BCUT2D eigenvalue weighted by Gasteiger charge is 2.48. The van der Waals surface area contributed by atoms with E-state index in [1.807, 2.05) is 33.9 Å². The van der Waals surface area contributed by atoms with Crippen molar-refractivity contribution in [3.05, 3.63) is 0 Å². The number of hydrogen-bond acceptors (Lipinski definition) is 6. The maximum atomic E-state index is 9.93. The Morgan fingerprint density at radius 3 is 2.00 bits per heavy atom. The van der Waals surface area contributed by atoms with Gasteiger partial charge in [0.1, 0.15) is 24.4 Å². The lowest BCUT2D eigenvalue weighted by Crippen LogP contribution is -2.61. The van der Waals surface area contributed by atoms with Crippen LogP contribution >= 0.6 is 0 Å². The third-order valence-electron chi connectivity index (χ3n) is 4.07. The lowest BCUT2D eigenvalue weighted by atomic mass is 10.00. The first kappa shape index (κ1) is 17.0. The van der Waals surface area contributed by atoms with Crippen molar-refractivity contribution >= 4 is 8.32 Å². The maximum Gasteiger partial charge on any atom is 0.195 e. The third kappa shape index (κ3) is 3.55. The summed E-state index contributed by atoms with van der Waals surface area (Å²) in [5.41, 5.74) is 0. The highest BCUT2D eigenvalue weighted by atomic mass is 28.4. The largest absolute Gasteiger partial charge is 0.394 e. The predicted octanol–water partition coefficient (Wildman–Crippen LogP) is -0.192. The summed E-state index contributed by atoms with van der Waals surface area (Å²) in [6.45, 7) is 9.68. The van der Waals surface area contributed by atoms with E-state index in [9.17, 15) is 15.3 Å². The highest BCUT2D eigenvalue weighted by Crippen LogP contribution is 2.38. The van der Waals surface area contributed by atoms with Crippen LogP contribution in [0.1, 0.15) is 20.8 Å². The van der Waals surface area contributed by atoms with E-state index >= 15 is 0 Å². The molecule has 0 aromatic rings. The van der Waals surface area contributed by atoms with Crippen molar-refractivity contribution in [3.8, 4) is 0 Å². The molecule has 1 aliphatic heterocycles. The van der Waals surface area contributed by atoms with Crippen LogP contribution in [0.5, 0.6) is 0 Å². The summed E-state index contributed by atoms with van der Waals surface area (Å²) < 4.78 is 11.3. The van der Waals surface area contributed by atoms with Gasteiger partial charge in [0.05, 0.1) is 6.61 Å². The number of aliphatic hydroxyl groups excluding tert-OH is 4. The fourth-order valence-corrected chi connectivity index (χ4v) is 2.76. The van der Waals surface area contributed by atoms with E-state index in [2.05, 4.69) is 0 Å². The van der Waals surface area contributed by atoms with Crippen LogP contribution in [-0.2, 0) is 9.16 Å². The Morgan fingerprint density at radius 2 is 1.58 bits per heavy atom. The lowest BCUT2D eigenvalue weighted by Gasteiger charge is -2.45. The van der Waals surface area contributed by atoms with E-state index in [4.69, 9.17) is 14.3 Å². The average molecular weight is 294 g/mol. The van der Waals surface area contributed by atoms with Gasteiger partial charge >= 0.3 is 0 Å². The second kappa shape index (κ2) is 5.77. The van der Waals surface area contributed by atoms with Gasteiger partial charge in [-0.25, -0.2) is 0 Å². The van der Waals surface area contributed by atoms with Crippen LogP contribution in [-0.4, -0.2) is 66.1 Å². The monoisotopic (exact) mass is 294 g/mol. The summed E-state index contributed by atoms with van der Waals surface area (Å²) in [6.07, 6.45) is -6.02. The predicted molar refractivity (Wildman–Crippen MR) is 72.0 cm³/mol. The molecule has 1 heterocycles. The van der Waals surface area contributed by atoms with Gasteiger partial charge in [-0.3, -0.25) is 0 Å². The summed E-state index contributed by atoms with van der Waals surface area (Å²) in [5, 5.41) is 38.4. The van der Waals surface area contributed by atoms with Gasteiger partial charge in [0.15, 0.2) is 14.6 Å². The molecule has 4 N–H and O–H groups in total. The zero-order valence-corrected chi connectivity index (χ0v) is 13.2. The van der Waals surface area contributed by atoms with E-state index in [1.165, 1.54) is 0 Å². The van der Waals surface area contributed by atoms with Gasteiger partial charge in [0, 0.05) is 0 Å². The van der Waals surface area contributed by atoms with Gasteiger partial charge in [0.2, 0.25) is 0 Å². The van der Waals surface area contributed by atoms with Gasteiger partial charge in [0.25, 0.3) is 0 Å². The third-order valence-corrected chi connectivity index (χ3v) is 8.50. The van der Waals surface area contributed by atoms with E-state index < -0.39 is 45.6 Å². The highest BCUT2D eigenvalue weighted by molar-refractivity contribution is 6.74. The molecule has 0 aromatic carbocycles. The first-order valence-corrected chi connectivity index (χ1v) is 9.40. The van der Waals surface area contributed by atoms with Gasteiger partial charge in [-0.15, -0.1) is 0 Å². The first-order chi connectivity index (χ1) is 8.51. The van der Waals surface area contributed by atoms with Gasteiger partial charge in [-0.2, -0.15) is 0 Å². The molecule has 0 aliphatic carbocycles. The van der Waals surface area contributed by atoms with Crippen LogP contribution in [0.25, 0.3) is 0 Å². The molecule has 0 radical (unpaired) electrons. The fraction of sp³-hybridized carbons (Fsp3) is 1.00. The molecule has 1 aliphatic rings. The molecule has 0 aromatic heterocycles. The molecule has 1 saturated heterocycles. The quantitative estimate of drug-likeness (QED) is 0.538. The number of hydrogen-bond donors (Lipinski definition) is 4. The van der Waals surface area contributed by atoms with Crippen molar-refractivity contribution in [3.63, 3.8) is 0 Å². The van der Waals surface area contributed by atoms with Crippen molar-refractivity contribution in [2.24, 2.45) is 0 Å². The van der Waals surface area contributed by atoms with Crippen molar-refractivity contribution in [2.75, 3.05) is 6.61 Å². The van der Waals surface area contributed by atoms with Crippen molar-refractivity contribution in [1.29, 1.82) is 0 Å². The Balaban J connectivity index is 2.83. The molecule has 5 atom stereocenters. The molecular formula is C12H26O6Si. The van der Waals surface area contributed by atoms with E-state index in [-0.39, 0.29) is 5.04 Å². The summed E-state index contributed by atoms with van der Waals surface area (Å²) in [4.78, 5) is 0. The van der Waals surface area contributed by atoms with Crippen molar-refractivity contribution in [1.82, 2.24) is 0 Å². The van der Waals surface area contributed by atoms with Crippen molar-refractivity contribution < 1.29 is 29.6 Å². The molecule has 0 unspecified atom stereocenters. The van der Waals surface area contributed by atoms with Crippen LogP contribution in [0.15, 0.2) is 0 Å². The molecule has 0 saturated carbocycles. The van der Waals surface area contributed by atoms with Gasteiger partial charge in [-0.05, 0) is 18.1 Å². The molecule has 1 fully saturated rings. The fourth-order valence-electron chi connectivity index (χ4n) is 1.63. The Kier molecular flexibility index (Phi) is 5.17. The smallest absolute Gasteiger partial charge is 0.195 e. The Labute approximate surface area is 115 Å². The average Bonchev–Trinajstić information content (AvgIpc) is 2.28. The molecule has 19 heavy (non-hydrogen) atoms. The summed E-state index contributed by atoms with van der Waals surface area (Å²) in [7, 11) is -2.19.